The largest absolute Gasteiger partial charge is 0.489 e. The van der Waals surface area contributed by atoms with Crippen LogP contribution in [0.2, 0.25) is 0 Å². The van der Waals surface area contributed by atoms with Gasteiger partial charge in [-0.25, -0.2) is 0 Å². The van der Waals surface area contributed by atoms with Crippen molar-refractivity contribution in [2.24, 2.45) is 5.92 Å². The summed E-state index contributed by atoms with van der Waals surface area (Å²) in [6.07, 6.45) is 0.888. The molecule has 0 aromatic heterocycles. The molecule has 0 spiro atoms. The molecule has 3 atom stereocenters. The fourth-order valence-electron chi connectivity index (χ4n) is 5.64. The van der Waals surface area contributed by atoms with Crippen molar-refractivity contribution >= 4 is 17.1 Å². The molecule has 1 N–H and O–H groups in total. The van der Waals surface area contributed by atoms with Crippen molar-refractivity contribution in [3.8, 4) is 5.75 Å². The summed E-state index contributed by atoms with van der Waals surface area (Å²) in [6, 6.07) is 27.8. The predicted molar refractivity (Wildman–Crippen MR) is 139 cm³/mol. The highest BCUT2D eigenvalue weighted by Gasteiger charge is 2.43. The van der Waals surface area contributed by atoms with E-state index in [1.54, 1.807) is 24.3 Å². The summed E-state index contributed by atoms with van der Waals surface area (Å²) in [4.78, 5) is 21.6. The topological polar surface area (TPSA) is 108 Å². The van der Waals surface area contributed by atoms with Gasteiger partial charge in [0.25, 0.3) is 11.4 Å². The summed E-state index contributed by atoms with van der Waals surface area (Å²) in [6.45, 7) is 0.311. The van der Waals surface area contributed by atoms with Crippen LogP contribution >= 0.6 is 0 Å². The molecule has 0 saturated carbocycles. The van der Waals surface area contributed by atoms with Crippen LogP contribution in [0.3, 0.4) is 0 Å². The van der Waals surface area contributed by atoms with Crippen molar-refractivity contribution in [1.29, 1.82) is 0 Å². The molecule has 4 aromatic rings. The number of hydrogen-bond donors (Lipinski definition) is 1. The first kappa shape index (κ1) is 22.7. The number of ether oxygens (including phenoxy) is 1. The molecule has 1 heterocycles. The monoisotopic (exact) mass is 493 g/mol. The zero-order valence-electron chi connectivity index (χ0n) is 19.7. The van der Waals surface area contributed by atoms with E-state index >= 15 is 0 Å². The molecule has 0 radical (unpaired) electrons. The van der Waals surface area contributed by atoms with Gasteiger partial charge in [-0.3, -0.25) is 20.2 Å². The molecule has 8 heteroatoms. The number of nitrogens with one attached hydrogen (secondary N) is 1. The van der Waals surface area contributed by atoms with Crippen LogP contribution in [-0.4, -0.2) is 9.85 Å². The Morgan fingerprint density at radius 2 is 1.51 bits per heavy atom. The maximum absolute atomic E-state index is 11.5. The Bertz CT molecular complexity index is 1500. The molecule has 4 aromatic carbocycles. The van der Waals surface area contributed by atoms with E-state index in [1.807, 2.05) is 30.3 Å². The van der Waals surface area contributed by atoms with Crippen molar-refractivity contribution in [2.75, 3.05) is 5.32 Å². The molecule has 0 saturated heterocycles. The highest BCUT2D eigenvalue weighted by Crippen LogP contribution is 2.54. The van der Waals surface area contributed by atoms with Gasteiger partial charge in [0.05, 0.1) is 15.9 Å². The summed E-state index contributed by atoms with van der Waals surface area (Å²) in [5.74, 6) is 1.01. The van der Waals surface area contributed by atoms with Gasteiger partial charge in [-0.15, -0.1) is 0 Å². The van der Waals surface area contributed by atoms with Gasteiger partial charge in [-0.2, -0.15) is 0 Å². The standard InChI is InChI=1S/C29H23N3O5/c33-31(34)21-9-5-18(6-10-21)17-37-23-12-7-19(8-13-23)29-26-15-20-3-1-2-4-24(20)28(26)25-16-22(32(35)36)11-14-27(25)30-29/h1-14,16,26,28-30H,15,17H2/t26-,28-,29+/m1/s1. The van der Waals surface area contributed by atoms with Crippen LogP contribution < -0.4 is 10.1 Å². The second-order valence-electron chi connectivity index (χ2n) is 9.48. The summed E-state index contributed by atoms with van der Waals surface area (Å²) in [7, 11) is 0. The number of nitro benzene ring substituents is 2. The number of anilines is 1. The first-order valence-electron chi connectivity index (χ1n) is 12.1. The lowest BCUT2D eigenvalue weighted by atomic mass is 9.75. The number of nitro groups is 2. The molecule has 0 bridgehead atoms. The Hall–Kier alpha value is -4.72. The summed E-state index contributed by atoms with van der Waals surface area (Å²) in [5, 5.41) is 26.0. The molecule has 1 aliphatic carbocycles. The van der Waals surface area contributed by atoms with Crippen molar-refractivity contribution in [2.45, 2.75) is 25.0 Å². The molecular formula is C29H23N3O5. The maximum Gasteiger partial charge on any atom is 0.269 e. The van der Waals surface area contributed by atoms with E-state index in [-0.39, 0.29) is 34.2 Å². The number of benzene rings is 4. The first-order valence-corrected chi connectivity index (χ1v) is 12.1. The molecule has 184 valence electrons. The number of nitrogens with zero attached hydrogens (tertiary/aromatic N) is 2. The molecule has 0 fully saturated rings. The van der Waals surface area contributed by atoms with Gasteiger partial charge in [0, 0.05) is 35.9 Å². The number of rotatable bonds is 6. The minimum atomic E-state index is -0.421. The van der Waals surface area contributed by atoms with Gasteiger partial charge in [0.2, 0.25) is 0 Å². The van der Waals surface area contributed by atoms with Gasteiger partial charge in [-0.1, -0.05) is 36.4 Å². The highest BCUT2D eigenvalue weighted by atomic mass is 16.6. The minimum Gasteiger partial charge on any atom is -0.489 e. The van der Waals surface area contributed by atoms with Gasteiger partial charge in [0.1, 0.15) is 12.4 Å². The molecule has 8 nitrogen and oxygen atoms in total. The van der Waals surface area contributed by atoms with Gasteiger partial charge in [-0.05, 0) is 70.5 Å². The zero-order valence-corrected chi connectivity index (χ0v) is 19.7. The quantitative estimate of drug-likeness (QED) is 0.241. The lowest BCUT2D eigenvalue weighted by Gasteiger charge is -2.38. The zero-order chi connectivity index (χ0) is 25.5. The molecular weight excluding hydrogens is 470 g/mol. The Balaban J connectivity index is 1.26. The van der Waals surface area contributed by atoms with E-state index in [9.17, 15) is 20.2 Å². The predicted octanol–water partition coefficient (Wildman–Crippen LogP) is 6.55. The van der Waals surface area contributed by atoms with E-state index in [0.717, 1.165) is 28.8 Å². The third kappa shape index (κ3) is 4.16. The van der Waals surface area contributed by atoms with Crippen molar-refractivity contribution in [3.05, 3.63) is 139 Å². The summed E-state index contributed by atoms with van der Waals surface area (Å²) >= 11 is 0. The third-order valence-corrected chi connectivity index (χ3v) is 7.39. The number of fused-ring (bicyclic) bond motifs is 5. The Kier molecular flexibility index (Phi) is 5.56. The van der Waals surface area contributed by atoms with Crippen LogP contribution in [0.25, 0.3) is 0 Å². The van der Waals surface area contributed by atoms with Crippen LogP contribution in [0.1, 0.15) is 39.8 Å². The van der Waals surface area contributed by atoms with Gasteiger partial charge >= 0.3 is 0 Å². The Labute approximate surface area is 212 Å². The fraction of sp³-hybridized carbons (Fsp3) is 0.172. The summed E-state index contributed by atoms with van der Waals surface area (Å²) in [5.41, 5.74) is 6.55. The van der Waals surface area contributed by atoms with Crippen molar-refractivity contribution in [1.82, 2.24) is 0 Å². The van der Waals surface area contributed by atoms with Gasteiger partial charge < -0.3 is 10.1 Å². The molecule has 0 unspecified atom stereocenters. The molecule has 1 aliphatic heterocycles. The highest BCUT2D eigenvalue weighted by molar-refractivity contribution is 5.65. The lowest BCUT2D eigenvalue weighted by molar-refractivity contribution is -0.385. The SMILES string of the molecule is O=[N+]([O-])c1ccc(COc2ccc([C@@H]3Nc4ccc([N+](=O)[O-])cc4[C@H]4c5ccccc5C[C@H]43)cc2)cc1. The van der Waals surface area contributed by atoms with Crippen molar-refractivity contribution < 1.29 is 14.6 Å². The third-order valence-electron chi connectivity index (χ3n) is 7.39. The van der Waals surface area contributed by atoms with E-state index in [4.69, 9.17) is 4.74 Å². The Morgan fingerprint density at radius 3 is 2.24 bits per heavy atom. The molecule has 0 amide bonds. The van der Waals surface area contributed by atoms with Crippen LogP contribution in [0, 0.1) is 26.1 Å². The van der Waals surface area contributed by atoms with Crippen LogP contribution in [-0.2, 0) is 13.0 Å². The average Bonchev–Trinajstić information content (AvgIpc) is 3.32. The second-order valence-corrected chi connectivity index (χ2v) is 9.48. The second kappa shape index (κ2) is 9.05. The lowest BCUT2D eigenvalue weighted by Crippen LogP contribution is -2.30. The van der Waals surface area contributed by atoms with Crippen LogP contribution in [0.4, 0.5) is 17.1 Å². The minimum absolute atomic E-state index is 0.0371. The van der Waals surface area contributed by atoms with Gasteiger partial charge in [0.15, 0.2) is 0 Å². The maximum atomic E-state index is 11.5. The average molecular weight is 494 g/mol. The van der Waals surface area contributed by atoms with Crippen molar-refractivity contribution in [3.63, 3.8) is 0 Å². The molecule has 6 rings (SSSR count). The normalized spacial score (nSPS) is 19.2. The van der Waals surface area contributed by atoms with E-state index in [0.29, 0.717) is 12.4 Å². The molecule has 37 heavy (non-hydrogen) atoms. The first-order chi connectivity index (χ1) is 18.0. The van der Waals surface area contributed by atoms with E-state index < -0.39 is 4.92 Å². The number of hydrogen-bond acceptors (Lipinski definition) is 6. The van der Waals surface area contributed by atoms with E-state index in [1.165, 1.54) is 23.3 Å². The van der Waals surface area contributed by atoms with Crippen LogP contribution in [0.5, 0.6) is 5.75 Å². The fourth-order valence-corrected chi connectivity index (χ4v) is 5.64. The number of non-ortho nitro benzene ring substituents is 2. The van der Waals surface area contributed by atoms with E-state index in [2.05, 4.69) is 29.6 Å². The molecule has 2 aliphatic rings. The Morgan fingerprint density at radius 1 is 0.811 bits per heavy atom. The summed E-state index contributed by atoms with van der Waals surface area (Å²) < 4.78 is 5.91. The smallest absolute Gasteiger partial charge is 0.269 e. The van der Waals surface area contributed by atoms with Crippen LogP contribution in [0.15, 0.2) is 91.0 Å².